The normalized spacial score (nSPS) is 44.9. The van der Waals surface area contributed by atoms with Crippen LogP contribution in [0.25, 0.3) is 5.57 Å². The topological polar surface area (TPSA) is 26.3 Å². The standard InChI is InChI=1S/C34H48O2/c1-31(2)25(22-9-11-23(12-10-22)30(35)36-6)16-20-34(5)28(31)17-21-33(4)27-15-19-32(3)18-7-8-26(32)24(27)13-14-29(33)34/h9-12,16,24,26-29H,7-8,13-15,17-21H2,1-6H3/t24-,26?,27?,28?,29?,32-,33+,34+/m1/s1. The van der Waals surface area contributed by atoms with Crippen molar-refractivity contribution in [2.45, 2.75) is 98.8 Å². The predicted molar refractivity (Wildman–Crippen MR) is 147 cm³/mol. The fourth-order valence-corrected chi connectivity index (χ4v) is 11.6. The third-order valence-electron chi connectivity index (χ3n) is 13.1. The van der Waals surface area contributed by atoms with Crippen molar-refractivity contribution in [1.82, 2.24) is 0 Å². The molecule has 0 heterocycles. The summed E-state index contributed by atoms with van der Waals surface area (Å²) in [5.41, 5.74) is 5.08. The zero-order valence-corrected chi connectivity index (χ0v) is 23.7. The monoisotopic (exact) mass is 488 g/mol. The number of fused-ring (bicyclic) bond motifs is 7. The highest BCUT2D eigenvalue weighted by molar-refractivity contribution is 5.89. The number of benzene rings is 1. The van der Waals surface area contributed by atoms with Gasteiger partial charge in [-0.3, -0.25) is 0 Å². The van der Waals surface area contributed by atoms with Gasteiger partial charge in [0.2, 0.25) is 0 Å². The van der Waals surface area contributed by atoms with Gasteiger partial charge >= 0.3 is 5.97 Å². The van der Waals surface area contributed by atoms with Crippen molar-refractivity contribution in [2.75, 3.05) is 7.11 Å². The molecule has 4 fully saturated rings. The highest BCUT2D eigenvalue weighted by Crippen LogP contribution is 2.73. The quantitative estimate of drug-likeness (QED) is 0.388. The van der Waals surface area contributed by atoms with Crippen molar-refractivity contribution in [3.8, 4) is 0 Å². The van der Waals surface area contributed by atoms with E-state index in [0.29, 0.717) is 27.7 Å². The van der Waals surface area contributed by atoms with Crippen molar-refractivity contribution in [3.05, 3.63) is 41.5 Å². The van der Waals surface area contributed by atoms with Crippen molar-refractivity contribution < 1.29 is 9.53 Å². The molecule has 4 unspecified atom stereocenters. The highest BCUT2D eigenvalue weighted by Gasteiger charge is 2.64. The Bertz CT molecular complexity index is 1070. The zero-order chi connectivity index (χ0) is 25.5. The molecule has 36 heavy (non-hydrogen) atoms. The van der Waals surface area contributed by atoms with Gasteiger partial charge in [0.05, 0.1) is 12.7 Å². The van der Waals surface area contributed by atoms with E-state index in [1.165, 1.54) is 82.5 Å². The Balaban J connectivity index is 1.31. The van der Waals surface area contributed by atoms with Crippen LogP contribution < -0.4 is 0 Å². The molecule has 0 amide bonds. The molecule has 4 saturated carbocycles. The van der Waals surface area contributed by atoms with Crippen molar-refractivity contribution in [2.24, 2.45) is 51.2 Å². The summed E-state index contributed by atoms with van der Waals surface area (Å²) in [6.45, 7) is 13.1. The molecule has 0 aliphatic heterocycles. The van der Waals surface area contributed by atoms with E-state index in [2.05, 4.69) is 52.8 Å². The van der Waals surface area contributed by atoms with Gasteiger partial charge in [-0.05, 0) is 132 Å². The van der Waals surface area contributed by atoms with E-state index in [1.54, 1.807) is 0 Å². The molecule has 2 heteroatoms. The first-order chi connectivity index (χ1) is 17.0. The number of hydrogen-bond donors (Lipinski definition) is 0. The number of carbonyl (C=O) groups is 1. The fraction of sp³-hybridized carbons (Fsp3) is 0.735. The van der Waals surface area contributed by atoms with Crippen molar-refractivity contribution in [1.29, 1.82) is 0 Å². The smallest absolute Gasteiger partial charge is 0.337 e. The molecule has 6 rings (SSSR count). The highest BCUT2D eigenvalue weighted by atomic mass is 16.5. The number of ether oxygens (including phenoxy) is 1. The number of carbonyl (C=O) groups excluding carboxylic acids is 1. The lowest BCUT2D eigenvalue weighted by Gasteiger charge is -2.68. The molecule has 5 aliphatic carbocycles. The van der Waals surface area contributed by atoms with Crippen LogP contribution in [0.3, 0.4) is 0 Å². The fourth-order valence-electron chi connectivity index (χ4n) is 11.6. The van der Waals surface area contributed by atoms with E-state index in [0.717, 1.165) is 23.7 Å². The number of rotatable bonds is 2. The molecular formula is C34H48O2. The molecule has 0 spiro atoms. The first-order valence-corrected chi connectivity index (χ1v) is 14.9. The molecule has 0 bridgehead atoms. The zero-order valence-electron chi connectivity index (χ0n) is 23.7. The average Bonchev–Trinajstić information content (AvgIpc) is 3.25. The van der Waals surface area contributed by atoms with Crippen LogP contribution in [0.4, 0.5) is 0 Å². The van der Waals surface area contributed by atoms with Gasteiger partial charge in [0.15, 0.2) is 0 Å². The van der Waals surface area contributed by atoms with E-state index in [9.17, 15) is 4.79 Å². The van der Waals surface area contributed by atoms with Crippen molar-refractivity contribution >= 4 is 11.5 Å². The minimum atomic E-state index is -0.256. The lowest BCUT2D eigenvalue weighted by molar-refractivity contribution is -0.176. The summed E-state index contributed by atoms with van der Waals surface area (Å²) in [5.74, 6) is 4.23. The van der Waals surface area contributed by atoms with E-state index in [-0.39, 0.29) is 11.4 Å². The second-order valence-corrected chi connectivity index (χ2v) is 14.8. The number of methoxy groups -OCH3 is 1. The summed E-state index contributed by atoms with van der Waals surface area (Å²) in [4.78, 5) is 12.0. The Kier molecular flexibility index (Phi) is 5.65. The summed E-state index contributed by atoms with van der Waals surface area (Å²) in [7, 11) is 1.45. The lowest BCUT2D eigenvalue weighted by atomic mass is 9.36. The van der Waals surface area contributed by atoms with Crippen LogP contribution in [0.15, 0.2) is 30.3 Å². The Morgan fingerprint density at radius 2 is 1.56 bits per heavy atom. The molecular weight excluding hydrogens is 440 g/mol. The largest absolute Gasteiger partial charge is 0.465 e. The second-order valence-electron chi connectivity index (χ2n) is 14.8. The number of allylic oxidation sites excluding steroid dienone is 2. The molecule has 1 aromatic rings. The van der Waals surface area contributed by atoms with E-state index < -0.39 is 0 Å². The van der Waals surface area contributed by atoms with Crippen LogP contribution in [0.5, 0.6) is 0 Å². The second kappa shape index (κ2) is 8.21. The van der Waals surface area contributed by atoms with E-state index in [1.807, 2.05) is 12.1 Å². The predicted octanol–water partition coefficient (Wildman–Crippen LogP) is 8.95. The van der Waals surface area contributed by atoms with Gasteiger partial charge < -0.3 is 4.74 Å². The van der Waals surface area contributed by atoms with Crippen LogP contribution in [0.1, 0.15) is 115 Å². The Labute approximate surface area is 219 Å². The van der Waals surface area contributed by atoms with Gasteiger partial charge in [-0.15, -0.1) is 0 Å². The maximum absolute atomic E-state index is 12.0. The van der Waals surface area contributed by atoms with E-state index in [4.69, 9.17) is 4.74 Å². The number of esters is 1. The van der Waals surface area contributed by atoms with Gasteiger partial charge in [-0.25, -0.2) is 4.79 Å². The van der Waals surface area contributed by atoms with Crippen LogP contribution >= 0.6 is 0 Å². The first kappa shape index (κ1) is 24.7. The molecule has 1 aromatic carbocycles. The molecule has 0 radical (unpaired) electrons. The van der Waals surface area contributed by atoms with Gasteiger partial charge in [0.25, 0.3) is 0 Å². The Morgan fingerprint density at radius 1 is 0.806 bits per heavy atom. The molecule has 196 valence electrons. The van der Waals surface area contributed by atoms with Crippen LogP contribution in [-0.4, -0.2) is 13.1 Å². The maximum Gasteiger partial charge on any atom is 0.337 e. The van der Waals surface area contributed by atoms with Gasteiger partial charge in [-0.1, -0.05) is 59.2 Å². The van der Waals surface area contributed by atoms with Crippen LogP contribution in [0.2, 0.25) is 0 Å². The molecule has 0 aromatic heterocycles. The Hall–Kier alpha value is -1.57. The summed E-state index contributed by atoms with van der Waals surface area (Å²) < 4.78 is 4.92. The Morgan fingerprint density at radius 3 is 2.28 bits per heavy atom. The molecule has 0 N–H and O–H groups in total. The van der Waals surface area contributed by atoms with E-state index >= 15 is 0 Å². The minimum absolute atomic E-state index is 0.133. The summed E-state index contributed by atoms with van der Waals surface area (Å²) >= 11 is 0. The summed E-state index contributed by atoms with van der Waals surface area (Å²) in [5, 5.41) is 0. The molecule has 5 aliphatic rings. The molecule has 0 saturated heterocycles. The van der Waals surface area contributed by atoms with Gasteiger partial charge in [-0.2, -0.15) is 0 Å². The first-order valence-electron chi connectivity index (χ1n) is 14.9. The molecule has 8 atom stereocenters. The van der Waals surface area contributed by atoms with Crippen LogP contribution in [-0.2, 0) is 4.74 Å². The van der Waals surface area contributed by atoms with Gasteiger partial charge in [0.1, 0.15) is 0 Å². The maximum atomic E-state index is 12.0. The summed E-state index contributed by atoms with van der Waals surface area (Å²) in [6.07, 6.45) is 17.0. The van der Waals surface area contributed by atoms with Crippen molar-refractivity contribution in [3.63, 3.8) is 0 Å². The molecule has 2 nitrogen and oxygen atoms in total. The number of hydrogen-bond acceptors (Lipinski definition) is 2. The third-order valence-corrected chi connectivity index (χ3v) is 13.1. The van der Waals surface area contributed by atoms with Crippen LogP contribution in [0, 0.1) is 51.2 Å². The SMILES string of the molecule is COC(=O)c1ccc(C2=CC[C@@]3(C)C(CC[C@@]4(C)C5CC[C@@]6(C)CCCC6[C@H]5CCC43)C2(C)C)cc1. The third kappa shape index (κ3) is 3.31. The average molecular weight is 489 g/mol. The minimum Gasteiger partial charge on any atom is -0.465 e. The summed E-state index contributed by atoms with van der Waals surface area (Å²) in [6, 6.07) is 8.15. The lowest BCUT2D eigenvalue weighted by Crippen LogP contribution is -2.60. The van der Waals surface area contributed by atoms with Gasteiger partial charge in [0, 0.05) is 0 Å².